The average Bonchev–Trinajstić information content (AvgIpc) is 2.24. The van der Waals surface area contributed by atoms with Gasteiger partial charge in [0.05, 0.1) is 0 Å². The second kappa shape index (κ2) is 11.2. The van der Waals surface area contributed by atoms with Crippen molar-refractivity contribution in [1.29, 1.82) is 0 Å². The van der Waals surface area contributed by atoms with E-state index < -0.39 is 14.4 Å². The molecule has 0 unspecified atom stereocenters. The summed E-state index contributed by atoms with van der Waals surface area (Å²) in [6, 6.07) is 0. The average molecular weight is 317 g/mol. The number of hydrogen-bond acceptors (Lipinski definition) is 1. The molecule has 0 aliphatic carbocycles. The molecule has 0 amide bonds. The summed E-state index contributed by atoms with van der Waals surface area (Å²) in [6.07, 6.45) is 12.7. The van der Waals surface area contributed by atoms with Crippen LogP contribution in [0.1, 0.15) is 64.2 Å². The molecule has 0 aromatic rings. The quantitative estimate of drug-likeness (QED) is 0.468. The van der Waals surface area contributed by atoms with Gasteiger partial charge in [0.25, 0.3) is 0 Å². The van der Waals surface area contributed by atoms with Gasteiger partial charge in [-0.25, -0.2) is 0 Å². The van der Waals surface area contributed by atoms with E-state index in [-0.39, 0.29) is 0 Å². The molecular weight excluding hydrogens is 291 g/mol. The zero-order valence-corrected chi connectivity index (χ0v) is 13.6. The Hall–Kier alpha value is 0.400. The summed E-state index contributed by atoms with van der Waals surface area (Å²) < 4.78 is 0. The van der Waals surface area contributed by atoms with E-state index in [1.807, 2.05) is 6.26 Å². The summed E-state index contributed by atoms with van der Waals surface area (Å²) in [4.78, 5) is 10.3. The largest absolute Gasteiger partial charge is 0.481 e. The van der Waals surface area contributed by atoms with Crippen LogP contribution < -0.4 is 0 Å². The summed E-state index contributed by atoms with van der Waals surface area (Å²) in [5.74, 6) is 0.272. The highest BCUT2D eigenvalue weighted by Gasteiger charge is 2.08. The minimum absolute atomic E-state index is 0.317. The fraction of sp³-hybridized carbons (Fsp3) is 0.923. The highest BCUT2D eigenvalue weighted by molar-refractivity contribution is 8.65. The van der Waals surface area contributed by atoms with Crippen LogP contribution in [0.2, 0.25) is 0 Å². The highest BCUT2D eigenvalue weighted by Crippen LogP contribution is 2.55. The van der Waals surface area contributed by atoms with Gasteiger partial charge in [-0.3, -0.25) is 4.79 Å². The number of halogens is 2. The van der Waals surface area contributed by atoms with E-state index in [1.54, 1.807) is 0 Å². The molecule has 0 atom stereocenters. The first-order chi connectivity index (χ1) is 8.42. The van der Waals surface area contributed by atoms with Crippen LogP contribution in [0.15, 0.2) is 0 Å². The lowest BCUT2D eigenvalue weighted by atomic mass is 10.1. The smallest absolute Gasteiger partial charge is 0.303 e. The molecule has 2 nitrogen and oxygen atoms in total. The van der Waals surface area contributed by atoms with Crippen molar-refractivity contribution in [3.63, 3.8) is 0 Å². The monoisotopic (exact) mass is 316 g/mol. The van der Waals surface area contributed by atoms with Crippen molar-refractivity contribution in [2.45, 2.75) is 64.2 Å². The predicted octanol–water partition coefficient (Wildman–Crippen LogP) is 5.71. The molecular formula is C13H26Cl2O2S. The van der Waals surface area contributed by atoms with Gasteiger partial charge >= 0.3 is 5.97 Å². The van der Waals surface area contributed by atoms with Gasteiger partial charge in [-0.1, -0.05) is 74.8 Å². The Balaban J connectivity index is 3.06. The molecule has 0 saturated heterocycles. The van der Waals surface area contributed by atoms with Crippen molar-refractivity contribution in [2.24, 2.45) is 0 Å². The molecule has 0 radical (unpaired) electrons. The van der Waals surface area contributed by atoms with Crippen molar-refractivity contribution in [3.8, 4) is 0 Å². The molecule has 0 spiro atoms. The van der Waals surface area contributed by atoms with Gasteiger partial charge in [0.1, 0.15) is 0 Å². The van der Waals surface area contributed by atoms with Crippen LogP contribution in [0.5, 0.6) is 0 Å². The van der Waals surface area contributed by atoms with E-state index >= 15 is 0 Å². The molecule has 18 heavy (non-hydrogen) atoms. The summed E-state index contributed by atoms with van der Waals surface area (Å²) in [5.41, 5.74) is 0. The maximum Gasteiger partial charge on any atom is 0.303 e. The lowest BCUT2D eigenvalue weighted by molar-refractivity contribution is -0.137. The Morgan fingerprint density at radius 1 is 0.889 bits per heavy atom. The minimum atomic E-state index is -1.34. The third-order valence-electron chi connectivity index (χ3n) is 2.89. The SMILES string of the molecule is CS(Cl)(Cl)CCCCCCCCCCCC(=O)O. The molecule has 0 aromatic heterocycles. The van der Waals surface area contributed by atoms with Crippen molar-refractivity contribution < 1.29 is 9.90 Å². The highest BCUT2D eigenvalue weighted by atomic mass is 36.0. The van der Waals surface area contributed by atoms with Gasteiger partial charge in [0.2, 0.25) is 0 Å². The standard InChI is InChI=1S/C13H26Cl2O2S/c1-18(14,15)12-10-8-6-4-2-3-5-7-9-11-13(16)17/h2-12H2,1H3,(H,16,17). The van der Waals surface area contributed by atoms with Gasteiger partial charge in [-0.2, -0.15) is 0 Å². The maximum atomic E-state index is 10.3. The molecule has 110 valence electrons. The van der Waals surface area contributed by atoms with Crippen LogP contribution in [0.25, 0.3) is 0 Å². The minimum Gasteiger partial charge on any atom is -0.481 e. The van der Waals surface area contributed by atoms with Gasteiger partial charge in [-0.05, 0) is 19.1 Å². The van der Waals surface area contributed by atoms with Gasteiger partial charge in [-0.15, -0.1) is 0 Å². The second-order valence-corrected chi connectivity index (χ2v) is 11.6. The molecule has 0 aliphatic rings. The van der Waals surface area contributed by atoms with Crippen LogP contribution in [-0.4, -0.2) is 23.1 Å². The molecule has 0 rings (SSSR count). The van der Waals surface area contributed by atoms with Gasteiger partial charge in [0, 0.05) is 12.2 Å². The number of hydrogen-bond donors (Lipinski definition) is 1. The number of unbranched alkanes of at least 4 members (excludes halogenated alkanes) is 8. The van der Waals surface area contributed by atoms with Crippen molar-refractivity contribution in [3.05, 3.63) is 0 Å². The summed E-state index contributed by atoms with van der Waals surface area (Å²) in [6.45, 7) is 0. The number of rotatable bonds is 12. The number of carboxylic acids is 1. The Kier molecular flexibility index (Phi) is 11.5. The lowest BCUT2D eigenvalue weighted by Gasteiger charge is -2.17. The van der Waals surface area contributed by atoms with Crippen molar-refractivity contribution >= 4 is 35.8 Å². The lowest BCUT2D eigenvalue weighted by Crippen LogP contribution is -1.93. The van der Waals surface area contributed by atoms with E-state index in [0.29, 0.717) is 6.42 Å². The first-order valence-electron chi connectivity index (χ1n) is 6.79. The van der Waals surface area contributed by atoms with Crippen LogP contribution in [-0.2, 0) is 4.79 Å². The number of carbonyl (C=O) groups is 1. The molecule has 0 fully saturated rings. The van der Waals surface area contributed by atoms with Crippen LogP contribution in [0, 0.1) is 0 Å². The van der Waals surface area contributed by atoms with Crippen LogP contribution in [0.3, 0.4) is 0 Å². The molecule has 1 N–H and O–H groups in total. The summed E-state index contributed by atoms with van der Waals surface area (Å²) in [7, 11) is 10.6. The molecule has 0 saturated carbocycles. The maximum absolute atomic E-state index is 10.3. The topological polar surface area (TPSA) is 37.3 Å². The fourth-order valence-electron chi connectivity index (χ4n) is 1.87. The summed E-state index contributed by atoms with van der Waals surface area (Å²) in [5, 5.41) is 8.48. The number of aliphatic carboxylic acids is 1. The third-order valence-corrected chi connectivity index (χ3v) is 4.82. The van der Waals surface area contributed by atoms with E-state index in [0.717, 1.165) is 25.0 Å². The van der Waals surface area contributed by atoms with E-state index in [1.165, 1.54) is 38.5 Å². The van der Waals surface area contributed by atoms with Gasteiger partial charge in [0.15, 0.2) is 0 Å². The van der Waals surface area contributed by atoms with Crippen molar-refractivity contribution in [2.75, 3.05) is 12.0 Å². The number of carboxylic acid groups (broad SMARTS) is 1. The predicted molar refractivity (Wildman–Crippen MR) is 83.9 cm³/mol. The Morgan fingerprint density at radius 3 is 1.67 bits per heavy atom. The fourth-order valence-corrected chi connectivity index (χ4v) is 3.23. The zero-order chi connectivity index (χ0) is 13.9. The van der Waals surface area contributed by atoms with E-state index in [9.17, 15) is 4.79 Å². The molecule has 0 aliphatic heterocycles. The molecule has 0 heterocycles. The van der Waals surface area contributed by atoms with E-state index in [4.69, 9.17) is 26.5 Å². The normalized spacial score (nSPS) is 12.6. The third kappa shape index (κ3) is 16.4. The van der Waals surface area contributed by atoms with Crippen LogP contribution >= 0.6 is 29.8 Å². The zero-order valence-electron chi connectivity index (χ0n) is 11.3. The Labute approximate surface area is 122 Å². The Morgan fingerprint density at radius 2 is 1.28 bits per heavy atom. The first kappa shape index (κ1) is 18.4. The molecule has 5 heteroatoms. The second-order valence-electron chi connectivity index (χ2n) is 4.90. The van der Waals surface area contributed by atoms with Gasteiger partial charge < -0.3 is 5.11 Å². The first-order valence-corrected chi connectivity index (χ1v) is 10.6. The summed E-state index contributed by atoms with van der Waals surface area (Å²) >= 11 is 0. The van der Waals surface area contributed by atoms with E-state index in [2.05, 4.69) is 0 Å². The molecule has 0 aromatic carbocycles. The Bertz CT molecular complexity index is 218. The molecule has 0 bridgehead atoms. The van der Waals surface area contributed by atoms with Crippen LogP contribution in [0.4, 0.5) is 0 Å². The van der Waals surface area contributed by atoms with Crippen molar-refractivity contribution in [1.82, 2.24) is 0 Å².